The van der Waals surface area contributed by atoms with E-state index < -0.39 is 5.41 Å². The van der Waals surface area contributed by atoms with Crippen molar-refractivity contribution in [3.63, 3.8) is 0 Å². The van der Waals surface area contributed by atoms with Gasteiger partial charge in [0.05, 0.1) is 11.1 Å². The lowest BCUT2D eigenvalue weighted by Gasteiger charge is -2.31. The minimum atomic E-state index is -0.415. The second kappa shape index (κ2) is 15.8. The van der Waals surface area contributed by atoms with Gasteiger partial charge in [0, 0.05) is 37.1 Å². The molecule has 69 heavy (non-hydrogen) atoms. The molecule has 2 aliphatic rings. The van der Waals surface area contributed by atoms with Crippen LogP contribution >= 0.6 is 11.3 Å². The molecule has 2 heteroatoms. The molecule has 1 heterocycles. The van der Waals surface area contributed by atoms with Crippen molar-refractivity contribution in [3.8, 4) is 66.8 Å². The molecule has 2 aliphatic carbocycles. The van der Waals surface area contributed by atoms with E-state index in [0.717, 1.165) is 22.6 Å². The quantitative estimate of drug-likeness (QED) is 0.154. The minimum Gasteiger partial charge on any atom is -0.310 e. The molecule has 322 valence electrons. The molecule has 0 aliphatic heterocycles. The Bertz CT molecular complexity index is 3930. The number of hydrogen-bond acceptors (Lipinski definition) is 2. The lowest BCUT2D eigenvalue weighted by molar-refractivity contribution is 0.794. The molecule has 0 atom stereocenters. The Kier molecular flexibility index (Phi) is 9.05. The number of rotatable bonds is 7. The van der Waals surface area contributed by atoms with E-state index in [1.807, 2.05) is 11.3 Å². The molecule has 0 fully saturated rings. The zero-order valence-electron chi connectivity index (χ0n) is 37.7. The first-order valence-corrected chi connectivity index (χ1v) is 24.6. The van der Waals surface area contributed by atoms with Crippen LogP contribution in [0.25, 0.3) is 86.9 Å². The van der Waals surface area contributed by atoms with Crippen LogP contribution in [-0.4, -0.2) is 0 Å². The second-order valence-corrected chi connectivity index (χ2v) is 19.4. The van der Waals surface area contributed by atoms with E-state index >= 15 is 0 Å². The van der Waals surface area contributed by atoms with Crippen LogP contribution in [0.15, 0.2) is 261 Å². The maximum atomic E-state index is 2.49. The van der Waals surface area contributed by atoms with E-state index in [1.165, 1.54) is 104 Å². The van der Waals surface area contributed by atoms with Crippen LogP contribution in [0.3, 0.4) is 0 Å². The van der Waals surface area contributed by atoms with Gasteiger partial charge in [-0.05, 0) is 132 Å². The van der Waals surface area contributed by atoms with E-state index in [2.05, 4.69) is 266 Å². The van der Waals surface area contributed by atoms with Crippen LogP contribution < -0.4 is 4.90 Å². The molecule has 0 bridgehead atoms. The number of hydrogen-bond donors (Lipinski definition) is 0. The van der Waals surface area contributed by atoms with Crippen molar-refractivity contribution in [1.82, 2.24) is 0 Å². The third kappa shape index (κ3) is 6.02. The fourth-order valence-electron chi connectivity index (χ4n) is 11.8. The van der Waals surface area contributed by atoms with Gasteiger partial charge in [-0.15, -0.1) is 11.3 Å². The summed E-state index contributed by atoms with van der Waals surface area (Å²) in [6.45, 7) is 0. The number of thiophene rings is 1. The van der Waals surface area contributed by atoms with Crippen LogP contribution in [0, 0.1) is 0 Å². The summed E-state index contributed by atoms with van der Waals surface area (Å²) in [7, 11) is 0. The first-order chi connectivity index (χ1) is 34.2. The van der Waals surface area contributed by atoms with E-state index in [-0.39, 0.29) is 0 Å². The molecule has 1 nitrogen and oxygen atoms in total. The molecule has 0 unspecified atom stereocenters. The van der Waals surface area contributed by atoms with Gasteiger partial charge in [-0.1, -0.05) is 212 Å². The normalized spacial score (nSPS) is 12.8. The van der Waals surface area contributed by atoms with Crippen LogP contribution in [0.1, 0.15) is 22.3 Å². The highest BCUT2D eigenvalue weighted by molar-refractivity contribution is 7.25. The first kappa shape index (κ1) is 39.6. The van der Waals surface area contributed by atoms with Crippen LogP contribution in [0.5, 0.6) is 0 Å². The molecule has 0 amide bonds. The third-order valence-corrected chi connectivity index (χ3v) is 15.9. The summed E-state index contributed by atoms with van der Waals surface area (Å²) in [6, 6.07) is 96.8. The number of para-hydroxylation sites is 1. The van der Waals surface area contributed by atoms with Gasteiger partial charge in [0.2, 0.25) is 0 Å². The van der Waals surface area contributed by atoms with Gasteiger partial charge in [-0.2, -0.15) is 0 Å². The van der Waals surface area contributed by atoms with Gasteiger partial charge < -0.3 is 4.90 Å². The minimum absolute atomic E-state index is 0.415. The molecule has 14 rings (SSSR count). The van der Waals surface area contributed by atoms with E-state index in [4.69, 9.17) is 0 Å². The second-order valence-electron chi connectivity index (χ2n) is 18.3. The largest absolute Gasteiger partial charge is 0.310 e. The van der Waals surface area contributed by atoms with Crippen LogP contribution in [-0.2, 0) is 5.41 Å². The van der Waals surface area contributed by atoms with Gasteiger partial charge in [0.15, 0.2) is 0 Å². The Balaban J connectivity index is 0.973. The summed E-state index contributed by atoms with van der Waals surface area (Å²) in [4.78, 5) is 2.49. The molecule has 0 saturated carbocycles. The topological polar surface area (TPSA) is 3.24 Å². The number of nitrogens with zero attached hydrogens (tertiary/aromatic N) is 1. The molecule has 0 N–H and O–H groups in total. The molecule has 0 radical (unpaired) electrons. The maximum Gasteiger partial charge on any atom is 0.0725 e. The molecular weight excluding hydrogens is 851 g/mol. The Morgan fingerprint density at radius 3 is 1.41 bits per heavy atom. The smallest absolute Gasteiger partial charge is 0.0725 e. The van der Waals surface area contributed by atoms with Gasteiger partial charge in [0.25, 0.3) is 0 Å². The van der Waals surface area contributed by atoms with Gasteiger partial charge in [-0.3, -0.25) is 0 Å². The van der Waals surface area contributed by atoms with Crippen molar-refractivity contribution in [2.45, 2.75) is 5.41 Å². The van der Waals surface area contributed by atoms with Crippen molar-refractivity contribution < 1.29 is 0 Å². The highest BCUT2D eigenvalue weighted by Gasteiger charge is 2.51. The summed E-state index contributed by atoms with van der Waals surface area (Å²) >= 11 is 1.86. The Morgan fingerprint density at radius 2 is 0.725 bits per heavy atom. The lowest BCUT2D eigenvalue weighted by Crippen LogP contribution is -2.25. The highest BCUT2D eigenvalue weighted by atomic mass is 32.1. The summed E-state index contributed by atoms with van der Waals surface area (Å²) in [5.41, 5.74) is 23.0. The number of fused-ring (bicyclic) bond motifs is 13. The average molecular weight is 894 g/mol. The standard InChI is InChI=1S/C67H43NS/c1-2-18-45(19-3-1)49-20-4-5-21-50(49)51-22-6-7-23-52(51)56-27-11-16-32-64(56)68(47-37-34-44(35-38-47)46-36-41-66-59(42-46)57-28-12-17-33-65(57)69-66)48-39-40-63-58(43-48)55-26-10-15-31-62(55)67(63)60-29-13-8-24-53(60)54-25-9-14-30-61(54)67/h1-43H. The van der Waals surface area contributed by atoms with Gasteiger partial charge >= 0.3 is 0 Å². The van der Waals surface area contributed by atoms with Gasteiger partial charge in [-0.25, -0.2) is 0 Å². The summed E-state index contributed by atoms with van der Waals surface area (Å²) in [6.07, 6.45) is 0. The zero-order chi connectivity index (χ0) is 45.5. The van der Waals surface area contributed by atoms with Crippen molar-refractivity contribution in [1.29, 1.82) is 0 Å². The monoisotopic (exact) mass is 893 g/mol. The molecule has 0 saturated heterocycles. The average Bonchev–Trinajstić information content (AvgIpc) is 4.05. The first-order valence-electron chi connectivity index (χ1n) is 23.8. The Labute approximate surface area is 406 Å². The van der Waals surface area contributed by atoms with Crippen molar-refractivity contribution in [2.75, 3.05) is 4.90 Å². The highest BCUT2D eigenvalue weighted by Crippen LogP contribution is 2.63. The third-order valence-electron chi connectivity index (χ3n) is 14.7. The van der Waals surface area contributed by atoms with Crippen LogP contribution in [0.4, 0.5) is 17.1 Å². The van der Waals surface area contributed by atoms with Crippen molar-refractivity contribution >= 4 is 48.6 Å². The van der Waals surface area contributed by atoms with E-state index in [0.29, 0.717) is 0 Å². The van der Waals surface area contributed by atoms with Gasteiger partial charge in [0.1, 0.15) is 0 Å². The van der Waals surface area contributed by atoms with Crippen molar-refractivity contribution in [2.24, 2.45) is 0 Å². The SMILES string of the molecule is c1ccc(-c2ccccc2-c2ccccc2-c2ccccc2N(c2ccc(-c3ccc4sc5ccccc5c4c3)cc2)c2ccc3c(c2)-c2ccccc2C32c3ccccc3-c3ccccc32)cc1. The lowest BCUT2D eigenvalue weighted by atomic mass is 9.70. The summed E-state index contributed by atoms with van der Waals surface area (Å²) < 4.78 is 2.64. The molecule has 1 aromatic heterocycles. The molecule has 1 spiro atoms. The molecule has 11 aromatic carbocycles. The van der Waals surface area contributed by atoms with E-state index in [9.17, 15) is 0 Å². The van der Waals surface area contributed by atoms with Crippen LogP contribution in [0.2, 0.25) is 0 Å². The predicted octanol–water partition coefficient (Wildman–Crippen LogP) is 18.5. The van der Waals surface area contributed by atoms with Crippen molar-refractivity contribution in [3.05, 3.63) is 283 Å². The zero-order valence-corrected chi connectivity index (χ0v) is 38.5. The fraction of sp³-hybridized carbons (Fsp3) is 0.0149. The number of benzene rings is 11. The van der Waals surface area contributed by atoms with E-state index in [1.54, 1.807) is 0 Å². The Morgan fingerprint density at radius 1 is 0.261 bits per heavy atom. The maximum absolute atomic E-state index is 2.49. The fourth-order valence-corrected chi connectivity index (χ4v) is 12.9. The molecular formula is C67H43NS. The Hall–Kier alpha value is -8.56. The summed E-state index contributed by atoms with van der Waals surface area (Å²) in [5, 5.41) is 2.62. The number of anilines is 3. The summed E-state index contributed by atoms with van der Waals surface area (Å²) in [5.74, 6) is 0. The molecule has 12 aromatic rings. The predicted molar refractivity (Wildman–Crippen MR) is 292 cm³/mol.